The number of nitrogens with one attached hydrogen (secondary N) is 1. The standard InChI is InChI=1S/C18H11FN4O3/c19-9-5-6-13-12(7-9)18(17(26)21-13)8-14(20)22-15(24)10-3-1-2-4-11(10)16(25)23(18)22/h1-8H,20H2,(H,21,26). The quantitative estimate of drug-likeness (QED) is 0.625. The lowest BCUT2D eigenvalue weighted by molar-refractivity contribution is -0.120. The predicted molar refractivity (Wildman–Crippen MR) is 93.0 cm³/mol. The Labute approximate surface area is 144 Å². The van der Waals surface area contributed by atoms with Crippen LogP contribution in [0.5, 0.6) is 0 Å². The van der Waals surface area contributed by atoms with Gasteiger partial charge in [-0.15, -0.1) is 0 Å². The van der Waals surface area contributed by atoms with Crippen LogP contribution in [0.4, 0.5) is 10.1 Å². The Hall–Kier alpha value is -3.68. The predicted octanol–water partition coefficient (Wildman–Crippen LogP) is 0.769. The molecule has 0 aliphatic carbocycles. The molecule has 1 atom stereocenters. The van der Waals surface area contributed by atoms with Crippen LogP contribution in [-0.4, -0.2) is 15.3 Å². The fraction of sp³-hybridized carbons (Fsp3) is 0.0556. The van der Waals surface area contributed by atoms with Gasteiger partial charge < -0.3 is 11.1 Å². The van der Waals surface area contributed by atoms with Crippen LogP contribution < -0.4 is 22.2 Å². The minimum absolute atomic E-state index is 0.0647. The molecule has 3 aromatic rings. The van der Waals surface area contributed by atoms with Gasteiger partial charge in [-0.3, -0.25) is 14.4 Å². The van der Waals surface area contributed by atoms with Crippen LogP contribution in [0.25, 0.3) is 16.6 Å². The third-order valence-electron chi connectivity index (χ3n) is 4.89. The van der Waals surface area contributed by atoms with Gasteiger partial charge in [-0.25, -0.2) is 9.07 Å². The van der Waals surface area contributed by atoms with Gasteiger partial charge in [0.05, 0.1) is 10.8 Å². The molecule has 8 heteroatoms. The second-order valence-electron chi connectivity index (χ2n) is 6.26. The summed E-state index contributed by atoms with van der Waals surface area (Å²) in [6.45, 7) is 0. The van der Waals surface area contributed by atoms with Gasteiger partial charge in [0.25, 0.3) is 17.0 Å². The lowest BCUT2D eigenvalue weighted by Crippen LogP contribution is -2.49. The maximum atomic E-state index is 13.9. The van der Waals surface area contributed by atoms with Crippen LogP contribution in [0.15, 0.2) is 58.1 Å². The molecular formula is C18H11FN4O3. The number of nitrogens with two attached hydrogens (primary N) is 1. The highest BCUT2D eigenvalue weighted by molar-refractivity contribution is 6.09. The summed E-state index contributed by atoms with van der Waals surface area (Å²) in [6, 6.07) is 10.1. The molecule has 1 amide bonds. The Morgan fingerprint density at radius 2 is 1.69 bits per heavy atom. The van der Waals surface area contributed by atoms with Gasteiger partial charge in [-0.05, 0) is 36.4 Å². The average molecular weight is 350 g/mol. The van der Waals surface area contributed by atoms with E-state index in [1.54, 1.807) is 12.1 Å². The van der Waals surface area contributed by atoms with Gasteiger partial charge >= 0.3 is 0 Å². The first kappa shape index (κ1) is 14.6. The van der Waals surface area contributed by atoms with Crippen molar-refractivity contribution in [2.45, 2.75) is 5.54 Å². The first-order valence-corrected chi connectivity index (χ1v) is 7.83. The Morgan fingerprint density at radius 1 is 1.00 bits per heavy atom. The maximum absolute atomic E-state index is 13.9. The van der Waals surface area contributed by atoms with Crippen LogP contribution in [0.1, 0.15) is 5.56 Å². The number of amides is 1. The summed E-state index contributed by atoms with van der Waals surface area (Å²) < 4.78 is 15.9. The molecule has 2 aromatic carbocycles. The molecule has 2 aliphatic rings. The summed E-state index contributed by atoms with van der Waals surface area (Å²) in [5.41, 5.74) is 3.81. The van der Waals surface area contributed by atoms with Crippen molar-refractivity contribution in [2.75, 3.05) is 5.32 Å². The topological polar surface area (TPSA) is 99.1 Å². The smallest absolute Gasteiger partial charge is 0.279 e. The molecule has 1 unspecified atom stereocenters. The van der Waals surface area contributed by atoms with Gasteiger partial charge in [0.15, 0.2) is 5.54 Å². The van der Waals surface area contributed by atoms with E-state index in [2.05, 4.69) is 5.32 Å². The third kappa shape index (κ3) is 1.49. The Morgan fingerprint density at radius 3 is 2.42 bits per heavy atom. The monoisotopic (exact) mass is 350 g/mol. The number of carbonyl (C=O) groups is 1. The molecule has 26 heavy (non-hydrogen) atoms. The highest BCUT2D eigenvalue weighted by atomic mass is 19.1. The van der Waals surface area contributed by atoms with E-state index in [9.17, 15) is 18.8 Å². The van der Waals surface area contributed by atoms with Gasteiger partial charge in [-0.1, -0.05) is 12.1 Å². The molecule has 128 valence electrons. The minimum atomic E-state index is -1.71. The Balaban J connectivity index is 2.01. The van der Waals surface area contributed by atoms with E-state index in [0.717, 1.165) is 9.36 Å². The van der Waals surface area contributed by atoms with Crippen molar-refractivity contribution in [1.82, 2.24) is 9.36 Å². The fourth-order valence-electron chi connectivity index (χ4n) is 3.79. The van der Waals surface area contributed by atoms with E-state index in [0.29, 0.717) is 5.69 Å². The molecule has 0 fully saturated rings. The van der Waals surface area contributed by atoms with Crippen molar-refractivity contribution in [3.63, 3.8) is 0 Å². The zero-order valence-corrected chi connectivity index (χ0v) is 13.2. The van der Waals surface area contributed by atoms with Crippen LogP contribution >= 0.6 is 0 Å². The molecule has 0 saturated carbocycles. The fourth-order valence-corrected chi connectivity index (χ4v) is 3.79. The van der Waals surface area contributed by atoms with Gasteiger partial charge in [0.1, 0.15) is 11.6 Å². The molecule has 1 spiro atoms. The van der Waals surface area contributed by atoms with Crippen molar-refractivity contribution < 1.29 is 9.18 Å². The number of rotatable bonds is 0. The molecule has 3 heterocycles. The van der Waals surface area contributed by atoms with Crippen LogP contribution in [-0.2, 0) is 10.3 Å². The molecular weight excluding hydrogens is 339 g/mol. The first-order chi connectivity index (χ1) is 12.4. The van der Waals surface area contributed by atoms with Gasteiger partial charge in [-0.2, -0.15) is 4.68 Å². The molecule has 2 aliphatic heterocycles. The summed E-state index contributed by atoms with van der Waals surface area (Å²) in [6.07, 6.45) is 1.31. The first-order valence-electron chi connectivity index (χ1n) is 7.83. The molecule has 0 radical (unpaired) electrons. The number of hydrogen-bond donors (Lipinski definition) is 2. The summed E-state index contributed by atoms with van der Waals surface area (Å²) in [4.78, 5) is 38.9. The highest BCUT2D eigenvalue weighted by Gasteiger charge is 2.53. The number of nitrogens with zero attached hydrogens (tertiary/aromatic N) is 2. The van der Waals surface area contributed by atoms with E-state index in [1.165, 1.54) is 36.4 Å². The Bertz CT molecular complexity index is 1300. The maximum Gasteiger partial charge on any atom is 0.279 e. The van der Waals surface area contributed by atoms with E-state index < -0.39 is 28.4 Å². The van der Waals surface area contributed by atoms with Crippen molar-refractivity contribution in [2.24, 2.45) is 5.73 Å². The van der Waals surface area contributed by atoms with Crippen LogP contribution in [0.3, 0.4) is 0 Å². The number of hydrogen-bond acceptors (Lipinski definition) is 4. The van der Waals surface area contributed by atoms with E-state index in [4.69, 9.17) is 5.73 Å². The summed E-state index contributed by atoms with van der Waals surface area (Å²) in [5.74, 6) is -1.21. The third-order valence-corrected chi connectivity index (χ3v) is 4.89. The Kier molecular flexibility index (Phi) is 2.52. The van der Waals surface area contributed by atoms with E-state index >= 15 is 0 Å². The zero-order valence-electron chi connectivity index (χ0n) is 13.2. The molecule has 0 bridgehead atoms. The number of halogens is 1. The lowest BCUT2D eigenvalue weighted by atomic mass is 9.91. The second-order valence-corrected chi connectivity index (χ2v) is 6.26. The van der Waals surface area contributed by atoms with Gasteiger partial charge in [0, 0.05) is 11.3 Å². The molecule has 0 saturated heterocycles. The highest BCUT2D eigenvalue weighted by Crippen LogP contribution is 2.42. The average Bonchev–Trinajstić information content (AvgIpc) is 3.09. The number of carbonyl (C=O) groups excluding carboxylic acids is 1. The van der Waals surface area contributed by atoms with Crippen LogP contribution in [0, 0.1) is 5.82 Å². The van der Waals surface area contributed by atoms with Crippen molar-refractivity contribution >= 4 is 28.2 Å². The SMILES string of the molecule is NC1=CC2(C(=O)Nc3ccc(F)cc32)n2c(=O)c3ccccc3c(=O)n21. The van der Waals surface area contributed by atoms with Crippen molar-refractivity contribution in [3.05, 3.63) is 80.6 Å². The summed E-state index contributed by atoms with van der Waals surface area (Å²) in [7, 11) is 0. The van der Waals surface area contributed by atoms with Crippen molar-refractivity contribution in [1.29, 1.82) is 0 Å². The number of anilines is 1. The van der Waals surface area contributed by atoms with E-state index in [-0.39, 0.29) is 22.2 Å². The number of fused-ring (bicyclic) bond motifs is 5. The number of benzene rings is 2. The molecule has 7 nitrogen and oxygen atoms in total. The minimum Gasteiger partial charge on any atom is -0.384 e. The molecule has 3 N–H and O–H groups in total. The molecule has 1 aromatic heterocycles. The lowest BCUT2D eigenvalue weighted by Gasteiger charge is -2.23. The van der Waals surface area contributed by atoms with Crippen molar-refractivity contribution in [3.8, 4) is 0 Å². The summed E-state index contributed by atoms with van der Waals surface area (Å²) in [5, 5.41) is 2.99. The molecule has 5 rings (SSSR count). The normalized spacial score (nSPS) is 20.2. The van der Waals surface area contributed by atoms with E-state index in [1.807, 2.05) is 0 Å². The second kappa shape index (κ2) is 4.48. The number of aromatic nitrogens is 2. The zero-order chi connectivity index (χ0) is 18.2. The van der Waals surface area contributed by atoms with Crippen LogP contribution in [0.2, 0.25) is 0 Å². The largest absolute Gasteiger partial charge is 0.384 e. The van der Waals surface area contributed by atoms with Gasteiger partial charge in [0.2, 0.25) is 0 Å². The summed E-state index contributed by atoms with van der Waals surface area (Å²) >= 11 is 0.